The third kappa shape index (κ3) is 5.18. The number of carbonyl (C=O) groups excluding carboxylic acids is 1. The zero-order valence-electron chi connectivity index (χ0n) is 13.3. The highest BCUT2D eigenvalue weighted by Crippen LogP contribution is 2.17. The highest BCUT2D eigenvalue weighted by atomic mass is 79.9. The summed E-state index contributed by atoms with van der Waals surface area (Å²) in [6.45, 7) is 5.35. The highest BCUT2D eigenvalue weighted by molar-refractivity contribution is 9.10. The topological polar surface area (TPSA) is 60.3 Å². The molecule has 0 fully saturated rings. The average Bonchev–Trinajstić information content (AvgIpc) is 2.49. The minimum atomic E-state index is -0.0838. The first-order valence-electron chi connectivity index (χ1n) is 7.64. The van der Waals surface area contributed by atoms with Gasteiger partial charge in [-0.1, -0.05) is 15.9 Å². The van der Waals surface area contributed by atoms with Gasteiger partial charge in [-0.15, -0.1) is 0 Å². The smallest absolute Gasteiger partial charge is 0.239 e. The van der Waals surface area contributed by atoms with Crippen molar-refractivity contribution in [2.45, 2.75) is 32.9 Å². The van der Waals surface area contributed by atoms with E-state index in [1.807, 2.05) is 26.0 Å². The molecule has 1 N–H and O–H groups in total. The largest absolute Gasteiger partial charge is 0.379 e. The fraction of sp³-hybridized carbons (Fsp3) is 0.412. The molecule has 0 spiro atoms. The van der Waals surface area contributed by atoms with Gasteiger partial charge in [0.05, 0.1) is 11.6 Å². The number of halogens is 1. The highest BCUT2D eigenvalue weighted by Gasteiger charge is 2.07. The van der Waals surface area contributed by atoms with Crippen molar-refractivity contribution in [1.82, 2.24) is 9.88 Å². The molecule has 124 valence electrons. The van der Waals surface area contributed by atoms with Crippen molar-refractivity contribution in [2.24, 2.45) is 0 Å². The normalized spacial score (nSPS) is 11.1. The second kappa shape index (κ2) is 8.26. The Hall–Kier alpha value is -1.66. The fourth-order valence-electron chi connectivity index (χ4n) is 2.25. The Bertz CT molecular complexity index is 740. The van der Waals surface area contributed by atoms with E-state index in [0.29, 0.717) is 18.5 Å². The van der Waals surface area contributed by atoms with E-state index in [9.17, 15) is 9.59 Å². The van der Waals surface area contributed by atoms with Gasteiger partial charge in [-0.3, -0.25) is 9.59 Å². The third-order valence-electron chi connectivity index (χ3n) is 3.35. The van der Waals surface area contributed by atoms with Crippen LogP contribution in [0.1, 0.15) is 20.3 Å². The number of rotatable bonds is 7. The Morgan fingerprint density at radius 1 is 1.35 bits per heavy atom. The van der Waals surface area contributed by atoms with Crippen LogP contribution in [0.3, 0.4) is 0 Å². The first-order chi connectivity index (χ1) is 11.0. The number of hydrogen-bond donors (Lipinski definition) is 1. The molecule has 1 aromatic heterocycles. The molecule has 1 amide bonds. The summed E-state index contributed by atoms with van der Waals surface area (Å²) < 4.78 is 8.08. The second-order valence-electron chi connectivity index (χ2n) is 5.59. The molecule has 0 saturated carbocycles. The average molecular weight is 381 g/mol. The van der Waals surface area contributed by atoms with E-state index >= 15 is 0 Å². The monoisotopic (exact) mass is 380 g/mol. The molecule has 0 saturated heterocycles. The van der Waals surface area contributed by atoms with Gasteiger partial charge in [0, 0.05) is 35.3 Å². The van der Waals surface area contributed by atoms with Gasteiger partial charge >= 0.3 is 0 Å². The molecule has 0 aliphatic heterocycles. The van der Waals surface area contributed by atoms with Crippen LogP contribution in [0.5, 0.6) is 0 Å². The predicted octanol–water partition coefficient (Wildman–Crippen LogP) is 2.70. The van der Waals surface area contributed by atoms with Crippen molar-refractivity contribution in [1.29, 1.82) is 0 Å². The number of fused-ring (bicyclic) bond motifs is 1. The molecule has 1 aromatic carbocycles. The van der Waals surface area contributed by atoms with Crippen LogP contribution < -0.4 is 10.7 Å². The number of ether oxygens (including phenoxy) is 1. The molecule has 0 unspecified atom stereocenters. The van der Waals surface area contributed by atoms with Crippen molar-refractivity contribution < 1.29 is 9.53 Å². The quantitative estimate of drug-likeness (QED) is 0.751. The molecule has 23 heavy (non-hydrogen) atoms. The number of nitrogens with one attached hydrogen (secondary N) is 1. The Balaban J connectivity index is 1.99. The first kappa shape index (κ1) is 17.7. The van der Waals surface area contributed by atoms with Gasteiger partial charge in [0.25, 0.3) is 0 Å². The number of amides is 1. The maximum Gasteiger partial charge on any atom is 0.239 e. The molecule has 0 aliphatic carbocycles. The fourth-order valence-corrected chi connectivity index (χ4v) is 2.60. The van der Waals surface area contributed by atoms with Crippen LogP contribution in [-0.4, -0.2) is 29.7 Å². The van der Waals surface area contributed by atoms with Crippen molar-refractivity contribution >= 4 is 32.7 Å². The van der Waals surface area contributed by atoms with Gasteiger partial charge in [0.2, 0.25) is 5.91 Å². The molecule has 0 radical (unpaired) electrons. The molecule has 1 heterocycles. The van der Waals surface area contributed by atoms with Crippen LogP contribution in [0.25, 0.3) is 10.9 Å². The van der Waals surface area contributed by atoms with E-state index in [-0.39, 0.29) is 24.0 Å². The standard InChI is InChI=1S/C17H21BrN2O3/c1-12(2)23-9-3-7-19-17(22)11-20-8-6-16(21)14-5-4-13(18)10-15(14)20/h4-6,8,10,12H,3,7,9,11H2,1-2H3,(H,19,22). The predicted molar refractivity (Wildman–Crippen MR) is 94.6 cm³/mol. The van der Waals surface area contributed by atoms with Gasteiger partial charge in [0.1, 0.15) is 6.54 Å². The van der Waals surface area contributed by atoms with Crippen molar-refractivity contribution in [3.8, 4) is 0 Å². The summed E-state index contributed by atoms with van der Waals surface area (Å²) in [5, 5.41) is 3.47. The summed E-state index contributed by atoms with van der Waals surface area (Å²) in [5.41, 5.74) is 0.695. The van der Waals surface area contributed by atoms with Crippen LogP contribution in [0, 0.1) is 0 Å². The van der Waals surface area contributed by atoms with Crippen LogP contribution in [-0.2, 0) is 16.1 Å². The van der Waals surface area contributed by atoms with Crippen LogP contribution >= 0.6 is 15.9 Å². The molecular formula is C17H21BrN2O3. The molecule has 2 aromatic rings. The summed E-state index contributed by atoms with van der Waals surface area (Å²) in [5.74, 6) is -0.0838. The zero-order valence-corrected chi connectivity index (χ0v) is 14.9. The van der Waals surface area contributed by atoms with Gasteiger partial charge < -0.3 is 14.6 Å². The van der Waals surface area contributed by atoms with Gasteiger partial charge in [0.15, 0.2) is 5.43 Å². The third-order valence-corrected chi connectivity index (χ3v) is 3.84. The summed E-state index contributed by atoms with van der Waals surface area (Å²) in [6.07, 6.45) is 2.63. The van der Waals surface area contributed by atoms with E-state index in [2.05, 4.69) is 21.2 Å². The minimum Gasteiger partial charge on any atom is -0.379 e. The molecule has 0 aliphatic rings. The van der Waals surface area contributed by atoms with E-state index in [4.69, 9.17) is 4.74 Å². The minimum absolute atomic E-state index is 0.0463. The lowest BCUT2D eigenvalue weighted by atomic mass is 10.2. The van der Waals surface area contributed by atoms with Crippen molar-refractivity contribution in [3.05, 3.63) is 45.2 Å². The number of pyridine rings is 1. The number of aromatic nitrogens is 1. The molecule has 0 atom stereocenters. The Morgan fingerprint density at radius 2 is 2.13 bits per heavy atom. The first-order valence-corrected chi connectivity index (χ1v) is 8.43. The van der Waals surface area contributed by atoms with E-state index < -0.39 is 0 Å². The SMILES string of the molecule is CC(C)OCCCNC(=O)Cn1ccc(=O)c2ccc(Br)cc21. The Labute approximate surface area is 143 Å². The van der Waals surface area contributed by atoms with E-state index in [1.165, 1.54) is 6.07 Å². The molecule has 2 rings (SSSR count). The lowest BCUT2D eigenvalue weighted by Crippen LogP contribution is -2.29. The molecule has 6 heteroatoms. The lowest BCUT2D eigenvalue weighted by Gasteiger charge is -2.12. The zero-order chi connectivity index (χ0) is 16.8. The van der Waals surface area contributed by atoms with Gasteiger partial charge in [-0.25, -0.2) is 0 Å². The number of nitrogens with zero attached hydrogens (tertiary/aromatic N) is 1. The summed E-state index contributed by atoms with van der Waals surface area (Å²) in [4.78, 5) is 23.9. The Morgan fingerprint density at radius 3 is 2.87 bits per heavy atom. The number of carbonyl (C=O) groups is 1. The summed E-state index contributed by atoms with van der Waals surface area (Å²) in [6, 6.07) is 6.92. The lowest BCUT2D eigenvalue weighted by molar-refractivity contribution is -0.121. The molecule has 0 bridgehead atoms. The van der Waals surface area contributed by atoms with E-state index in [1.54, 1.807) is 16.8 Å². The van der Waals surface area contributed by atoms with E-state index in [0.717, 1.165) is 16.4 Å². The molecular weight excluding hydrogens is 360 g/mol. The van der Waals surface area contributed by atoms with Gasteiger partial charge in [-0.05, 0) is 38.5 Å². The number of hydrogen-bond acceptors (Lipinski definition) is 3. The van der Waals surface area contributed by atoms with Crippen LogP contribution in [0.2, 0.25) is 0 Å². The van der Waals surface area contributed by atoms with Gasteiger partial charge in [-0.2, -0.15) is 0 Å². The van der Waals surface area contributed by atoms with Crippen LogP contribution in [0.15, 0.2) is 39.7 Å². The van der Waals surface area contributed by atoms with Crippen molar-refractivity contribution in [3.63, 3.8) is 0 Å². The number of benzene rings is 1. The molecule has 5 nitrogen and oxygen atoms in total. The Kier molecular flexibility index (Phi) is 6.36. The summed E-state index contributed by atoms with van der Waals surface area (Å²) >= 11 is 3.40. The second-order valence-corrected chi connectivity index (χ2v) is 6.51. The van der Waals surface area contributed by atoms with Crippen molar-refractivity contribution in [2.75, 3.05) is 13.2 Å². The van der Waals surface area contributed by atoms with Crippen LogP contribution in [0.4, 0.5) is 0 Å². The maximum atomic E-state index is 12.1. The maximum absolute atomic E-state index is 12.1. The summed E-state index contributed by atoms with van der Waals surface area (Å²) in [7, 11) is 0.